The topological polar surface area (TPSA) is 52.2 Å². The molecular formula is C23H17FN4O. The van der Waals surface area contributed by atoms with Gasteiger partial charge in [-0.3, -0.25) is 13.8 Å². The molecule has 5 rings (SSSR count). The Morgan fingerprint density at radius 1 is 0.897 bits per heavy atom. The first kappa shape index (κ1) is 17.3. The van der Waals surface area contributed by atoms with Crippen LogP contribution in [0.15, 0.2) is 77.6 Å². The van der Waals surface area contributed by atoms with Gasteiger partial charge < -0.3 is 0 Å². The molecule has 0 amide bonds. The molecule has 0 aliphatic carbocycles. The van der Waals surface area contributed by atoms with Crippen molar-refractivity contribution in [3.8, 4) is 11.4 Å². The van der Waals surface area contributed by atoms with Crippen LogP contribution in [0.1, 0.15) is 11.1 Å². The second kappa shape index (κ2) is 6.67. The fourth-order valence-corrected chi connectivity index (χ4v) is 3.56. The van der Waals surface area contributed by atoms with Gasteiger partial charge in [0.2, 0.25) is 5.78 Å². The molecule has 142 valence electrons. The van der Waals surface area contributed by atoms with Crippen molar-refractivity contribution in [3.63, 3.8) is 0 Å². The van der Waals surface area contributed by atoms with Crippen LogP contribution in [0.5, 0.6) is 0 Å². The van der Waals surface area contributed by atoms with Gasteiger partial charge in [-0.05, 0) is 48.9 Å². The summed E-state index contributed by atoms with van der Waals surface area (Å²) in [6, 6.07) is 21.5. The van der Waals surface area contributed by atoms with Gasteiger partial charge in [-0.2, -0.15) is 0 Å². The maximum Gasteiger partial charge on any atom is 0.263 e. The van der Waals surface area contributed by atoms with Gasteiger partial charge in [0.05, 0.1) is 17.4 Å². The molecule has 0 unspecified atom stereocenters. The smallest absolute Gasteiger partial charge is 0.263 e. The standard InChI is InChI=1S/C23H17FN4O/c1-15-6-8-16(9-7-15)14-27-22(29)19-4-2-3-5-20(19)28-21(25-26-23(27)28)17-10-12-18(24)13-11-17/h2-13H,14H2,1H3. The molecule has 0 spiro atoms. The summed E-state index contributed by atoms with van der Waals surface area (Å²) in [5, 5.41) is 9.24. The van der Waals surface area contributed by atoms with Crippen LogP contribution >= 0.6 is 0 Å². The molecule has 5 aromatic rings. The highest BCUT2D eigenvalue weighted by Gasteiger charge is 2.17. The van der Waals surface area contributed by atoms with Crippen molar-refractivity contribution in [2.75, 3.05) is 0 Å². The first-order chi connectivity index (χ1) is 14.1. The number of para-hydroxylation sites is 1. The predicted molar refractivity (Wildman–Crippen MR) is 110 cm³/mol. The van der Waals surface area contributed by atoms with E-state index < -0.39 is 0 Å². The Kier molecular flexibility index (Phi) is 3.98. The van der Waals surface area contributed by atoms with E-state index in [-0.39, 0.29) is 11.4 Å². The lowest BCUT2D eigenvalue weighted by Crippen LogP contribution is -2.24. The summed E-state index contributed by atoms with van der Waals surface area (Å²) in [4.78, 5) is 13.2. The van der Waals surface area contributed by atoms with Crippen molar-refractivity contribution >= 4 is 16.7 Å². The molecule has 2 aromatic heterocycles. The average Bonchev–Trinajstić information content (AvgIpc) is 3.18. The lowest BCUT2D eigenvalue weighted by molar-refractivity contribution is 0.628. The first-order valence-electron chi connectivity index (χ1n) is 9.30. The largest absolute Gasteiger partial charge is 0.272 e. The quantitative estimate of drug-likeness (QED) is 0.468. The van der Waals surface area contributed by atoms with Crippen LogP contribution in [0.3, 0.4) is 0 Å². The highest BCUT2D eigenvalue weighted by Crippen LogP contribution is 2.23. The van der Waals surface area contributed by atoms with Crippen LogP contribution in [-0.2, 0) is 6.54 Å². The maximum atomic E-state index is 13.4. The second-order valence-corrected chi connectivity index (χ2v) is 7.06. The van der Waals surface area contributed by atoms with Gasteiger partial charge in [-0.1, -0.05) is 42.0 Å². The Hall–Kier alpha value is -3.80. The number of halogens is 1. The van der Waals surface area contributed by atoms with E-state index in [9.17, 15) is 9.18 Å². The SMILES string of the molecule is Cc1ccc(Cn2c(=O)c3ccccc3n3c(-c4ccc(F)cc4)nnc23)cc1. The fraction of sp³-hybridized carbons (Fsp3) is 0.0870. The summed E-state index contributed by atoms with van der Waals surface area (Å²) < 4.78 is 16.9. The Balaban J connectivity index is 1.81. The van der Waals surface area contributed by atoms with Gasteiger partial charge in [0.1, 0.15) is 5.82 Å². The van der Waals surface area contributed by atoms with E-state index in [4.69, 9.17) is 0 Å². The van der Waals surface area contributed by atoms with Crippen LogP contribution in [0.25, 0.3) is 28.1 Å². The van der Waals surface area contributed by atoms with E-state index in [1.807, 2.05) is 53.8 Å². The minimum atomic E-state index is -0.316. The second-order valence-electron chi connectivity index (χ2n) is 7.06. The Bertz CT molecular complexity index is 1400. The van der Waals surface area contributed by atoms with Crippen LogP contribution in [0.2, 0.25) is 0 Å². The van der Waals surface area contributed by atoms with Crippen molar-refractivity contribution in [2.24, 2.45) is 0 Å². The number of rotatable bonds is 3. The minimum absolute atomic E-state index is 0.119. The van der Waals surface area contributed by atoms with Crippen LogP contribution in [-0.4, -0.2) is 19.2 Å². The molecule has 6 heteroatoms. The Morgan fingerprint density at radius 3 is 2.38 bits per heavy atom. The summed E-state index contributed by atoms with van der Waals surface area (Å²) in [5.74, 6) is 0.700. The summed E-state index contributed by atoms with van der Waals surface area (Å²) in [6.07, 6.45) is 0. The van der Waals surface area contributed by atoms with E-state index >= 15 is 0 Å². The van der Waals surface area contributed by atoms with E-state index in [2.05, 4.69) is 10.2 Å². The molecule has 0 aliphatic heterocycles. The summed E-state index contributed by atoms with van der Waals surface area (Å²) in [7, 11) is 0. The highest BCUT2D eigenvalue weighted by atomic mass is 19.1. The van der Waals surface area contributed by atoms with Crippen LogP contribution < -0.4 is 5.56 Å². The summed E-state index contributed by atoms with van der Waals surface area (Å²) >= 11 is 0. The zero-order chi connectivity index (χ0) is 20.0. The van der Waals surface area contributed by atoms with Crippen molar-refractivity contribution in [3.05, 3.63) is 100 Å². The van der Waals surface area contributed by atoms with Gasteiger partial charge in [-0.25, -0.2) is 4.39 Å². The Labute approximate surface area is 165 Å². The zero-order valence-electron chi connectivity index (χ0n) is 15.7. The number of aryl methyl sites for hydroxylation is 1. The molecule has 3 aromatic carbocycles. The average molecular weight is 384 g/mol. The van der Waals surface area contributed by atoms with E-state index in [0.717, 1.165) is 22.2 Å². The Morgan fingerprint density at radius 2 is 1.62 bits per heavy atom. The lowest BCUT2D eigenvalue weighted by atomic mass is 10.1. The van der Waals surface area contributed by atoms with Gasteiger partial charge in [0.15, 0.2) is 5.82 Å². The third kappa shape index (κ3) is 2.89. The van der Waals surface area contributed by atoms with Gasteiger partial charge >= 0.3 is 0 Å². The molecule has 0 saturated heterocycles. The first-order valence-corrected chi connectivity index (χ1v) is 9.30. The van der Waals surface area contributed by atoms with Crippen molar-refractivity contribution < 1.29 is 4.39 Å². The molecule has 0 bridgehead atoms. The van der Waals surface area contributed by atoms with Crippen LogP contribution in [0.4, 0.5) is 4.39 Å². The zero-order valence-corrected chi connectivity index (χ0v) is 15.7. The molecule has 0 saturated carbocycles. The third-order valence-electron chi connectivity index (χ3n) is 5.07. The number of hydrogen-bond acceptors (Lipinski definition) is 3. The fourth-order valence-electron chi connectivity index (χ4n) is 3.56. The number of aromatic nitrogens is 4. The molecule has 0 atom stereocenters. The molecule has 0 radical (unpaired) electrons. The predicted octanol–water partition coefficient (Wildman–Crippen LogP) is 4.21. The third-order valence-corrected chi connectivity index (χ3v) is 5.07. The number of benzene rings is 3. The van der Waals surface area contributed by atoms with Crippen LogP contribution in [0, 0.1) is 12.7 Å². The summed E-state index contributed by atoms with van der Waals surface area (Å²) in [5.41, 5.74) is 3.49. The monoisotopic (exact) mass is 384 g/mol. The van der Waals surface area contributed by atoms with Crippen molar-refractivity contribution in [1.82, 2.24) is 19.2 Å². The van der Waals surface area contributed by atoms with Gasteiger partial charge in [-0.15, -0.1) is 10.2 Å². The normalized spacial score (nSPS) is 11.4. The molecular weight excluding hydrogens is 367 g/mol. The maximum absolute atomic E-state index is 13.4. The van der Waals surface area contributed by atoms with E-state index in [1.54, 1.807) is 22.8 Å². The molecule has 0 N–H and O–H groups in total. The number of nitrogens with zero attached hydrogens (tertiary/aromatic N) is 4. The number of fused-ring (bicyclic) bond motifs is 3. The lowest BCUT2D eigenvalue weighted by Gasteiger charge is -2.12. The molecule has 29 heavy (non-hydrogen) atoms. The number of hydrogen-bond donors (Lipinski definition) is 0. The molecule has 0 aliphatic rings. The highest BCUT2D eigenvalue weighted by molar-refractivity contribution is 5.82. The molecule has 5 nitrogen and oxygen atoms in total. The molecule has 0 fully saturated rings. The van der Waals surface area contributed by atoms with E-state index in [1.165, 1.54) is 12.1 Å². The molecule has 2 heterocycles. The summed E-state index contributed by atoms with van der Waals surface area (Å²) in [6.45, 7) is 2.41. The van der Waals surface area contributed by atoms with E-state index in [0.29, 0.717) is 23.5 Å². The van der Waals surface area contributed by atoms with Crippen molar-refractivity contribution in [1.29, 1.82) is 0 Å². The van der Waals surface area contributed by atoms with Gasteiger partial charge in [0.25, 0.3) is 5.56 Å². The minimum Gasteiger partial charge on any atom is -0.272 e. The van der Waals surface area contributed by atoms with Crippen molar-refractivity contribution in [2.45, 2.75) is 13.5 Å². The van der Waals surface area contributed by atoms with Gasteiger partial charge in [0, 0.05) is 5.56 Å².